The minimum Gasteiger partial charge on any atom is -0.444 e. The summed E-state index contributed by atoms with van der Waals surface area (Å²) in [6.45, 7) is 6.41. The molecule has 0 radical (unpaired) electrons. The fraction of sp³-hybridized carbons (Fsp3) is 0.350. The van der Waals surface area contributed by atoms with Gasteiger partial charge in [-0.3, -0.25) is 0 Å². The predicted molar refractivity (Wildman–Crippen MR) is 109 cm³/mol. The Balaban J connectivity index is 1.69. The lowest BCUT2D eigenvalue weighted by Crippen LogP contribution is -2.52. The molecule has 1 saturated heterocycles. The van der Waals surface area contributed by atoms with Crippen LogP contribution in [-0.2, 0) is 4.74 Å². The van der Waals surface area contributed by atoms with Crippen LogP contribution in [-0.4, -0.2) is 44.2 Å². The van der Waals surface area contributed by atoms with Crippen molar-refractivity contribution in [3.63, 3.8) is 0 Å². The van der Waals surface area contributed by atoms with Gasteiger partial charge in [-0.05, 0) is 39.0 Å². The highest BCUT2D eigenvalue weighted by molar-refractivity contribution is 6.35. The topological polar surface area (TPSA) is 86.3 Å². The molecule has 152 valence electrons. The Morgan fingerprint density at radius 2 is 2.00 bits per heavy atom. The number of fused-ring (bicyclic) bond motifs is 1. The zero-order valence-electron chi connectivity index (χ0n) is 16.3. The van der Waals surface area contributed by atoms with Crippen molar-refractivity contribution in [2.24, 2.45) is 0 Å². The normalized spacial score (nSPS) is 14.9. The van der Waals surface area contributed by atoms with Gasteiger partial charge in [0.2, 0.25) is 0 Å². The second-order valence-corrected chi connectivity index (χ2v) is 8.45. The first-order valence-corrected chi connectivity index (χ1v) is 9.56. The molecule has 0 aliphatic carbocycles. The molecule has 2 N–H and O–H groups in total. The Hall–Kier alpha value is -2.87. The summed E-state index contributed by atoms with van der Waals surface area (Å²) in [6, 6.07) is 4.49. The number of halogens is 2. The Morgan fingerprint density at radius 3 is 2.66 bits per heavy atom. The van der Waals surface area contributed by atoms with Gasteiger partial charge < -0.3 is 19.9 Å². The fourth-order valence-electron chi connectivity index (χ4n) is 3.39. The minimum atomic E-state index is -0.553. The van der Waals surface area contributed by atoms with Crippen LogP contribution in [0.25, 0.3) is 22.2 Å². The molecule has 0 unspecified atom stereocenters. The van der Waals surface area contributed by atoms with Crippen molar-refractivity contribution >= 4 is 34.4 Å². The van der Waals surface area contributed by atoms with E-state index in [0.29, 0.717) is 40.9 Å². The van der Waals surface area contributed by atoms with Gasteiger partial charge in [-0.15, -0.1) is 0 Å². The number of likely N-dealkylation sites (tertiary alicyclic amines) is 1. The van der Waals surface area contributed by atoms with Crippen molar-refractivity contribution in [2.75, 3.05) is 18.8 Å². The summed E-state index contributed by atoms with van der Waals surface area (Å²) < 4.78 is 21.9. The molecule has 3 aromatic rings. The summed E-state index contributed by atoms with van der Waals surface area (Å²) in [7, 11) is 0. The van der Waals surface area contributed by atoms with Crippen LogP contribution in [0.5, 0.6) is 0 Å². The second kappa shape index (κ2) is 6.88. The molecule has 1 aliphatic rings. The molecule has 1 aromatic carbocycles. The van der Waals surface area contributed by atoms with Gasteiger partial charge in [0.1, 0.15) is 28.5 Å². The number of carbonyl (C=O) groups excluding carboxylic acids is 1. The second-order valence-electron chi connectivity index (χ2n) is 8.09. The molecular weight excluding hydrogens is 397 g/mol. The Bertz CT molecular complexity index is 1100. The summed E-state index contributed by atoms with van der Waals surface area (Å²) in [5, 5.41) is 0.803. The summed E-state index contributed by atoms with van der Waals surface area (Å²) >= 11 is 6.33. The lowest BCUT2D eigenvalue weighted by atomic mass is 10.1. The van der Waals surface area contributed by atoms with Crippen molar-refractivity contribution in [3.8, 4) is 11.1 Å². The van der Waals surface area contributed by atoms with Crippen LogP contribution in [0.3, 0.4) is 0 Å². The number of anilines is 1. The van der Waals surface area contributed by atoms with Crippen molar-refractivity contribution in [1.29, 1.82) is 0 Å². The number of ether oxygens (including phenoxy) is 1. The number of rotatable bonds is 2. The third-order valence-electron chi connectivity index (χ3n) is 4.75. The van der Waals surface area contributed by atoms with Crippen LogP contribution in [0.15, 0.2) is 30.7 Å². The van der Waals surface area contributed by atoms with Crippen LogP contribution in [0.1, 0.15) is 26.8 Å². The first kappa shape index (κ1) is 19.4. The fourth-order valence-corrected chi connectivity index (χ4v) is 3.62. The molecule has 9 heteroatoms. The summed E-state index contributed by atoms with van der Waals surface area (Å²) in [4.78, 5) is 22.2. The quantitative estimate of drug-likeness (QED) is 0.497. The molecule has 29 heavy (non-hydrogen) atoms. The first-order valence-electron chi connectivity index (χ1n) is 9.18. The van der Waals surface area contributed by atoms with Gasteiger partial charge in [-0.1, -0.05) is 11.6 Å². The molecule has 1 aliphatic heterocycles. The first-order chi connectivity index (χ1) is 13.6. The smallest absolute Gasteiger partial charge is 0.410 e. The molecule has 0 atom stereocenters. The van der Waals surface area contributed by atoms with Gasteiger partial charge in [0.05, 0.1) is 11.4 Å². The number of nitrogen functional groups attached to an aromatic ring is 1. The number of carbonyl (C=O) groups is 1. The summed E-state index contributed by atoms with van der Waals surface area (Å²) in [5.74, 6) is -0.451. The van der Waals surface area contributed by atoms with E-state index in [1.165, 1.54) is 12.4 Å². The van der Waals surface area contributed by atoms with Crippen LogP contribution in [0.4, 0.5) is 14.9 Å². The van der Waals surface area contributed by atoms with E-state index in [9.17, 15) is 9.18 Å². The largest absolute Gasteiger partial charge is 0.444 e. The monoisotopic (exact) mass is 417 g/mol. The number of benzene rings is 1. The highest BCUT2D eigenvalue weighted by Gasteiger charge is 2.36. The minimum absolute atomic E-state index is 0.0263. The lowest BCUT2D eigenvalue weighted by Gasteiger charge is -2.40. The van der Waals surface area contributed by atoms with E-state index < -0.39 is 11.4 Å². The molecule has 3 heterocycles. The number of amides is 1. The number of aromatic nitrogens is 3. The van der Waals surface area contributed by atoms with E-state index in [1.807, 2.05) is 25.3 Å². The molecule has 4 rings (SSSR count). The van der Waals surface area contributed by atoms with E-state index in [2.05, 4.69) is 9.97 Å². The van der Waals surface area contributed by atoms with Gasteiger partial charge in [0.15, 0.2) is 0 Å². The predicted octanol–water partition coefficient (Wildman–Crippen LogP) is 4.26. The average Bonchev–Trinajstić information content (AvgIpc) is 2.92. The third-order valence-corrected chi connectivity index (χ3v) is 5.04. The zero-order chi connectivity index (χ0) is 20.9. The number of hydrogen-bond acceptors (Lipinski definition) is 5. The molecule has 0 spiro atoms. The standard InChI is InChI=1S/C20H21ClFN5O2/c1-20(2,3)29-19(28)26-7-12(8-26)27-9-14(13-5-4-11(23)6-15(13)22)16-17(21)24-10-25-18(16)27/h4-6,9-10,12H,7-8,23H2,1-3H3. The van der Waals surface area contributed by atoms with E-state index >= 15 is 0 Å². The van der Waals surface area contributed by atoms with E-state index in [0.717, 1.165) is 0 Å². The molecule has 1 fully saturated rings. The maximum atomic E-state index is 14.6. The van der Waals surface area contributed by atoms with E-state index in [1.54, 1.807) is 23.2 Å². The van der Waals surface area contributed by atoms with Gasteiger partial charge in [0.25, 0.3) is 0 Å². The summed E-state index contributed by atoms with van der Waals surface area (Å²) in [6.07, 6.45) is 2.81. The van der Waals surface area contributed by atoms with Crippen LogP contribution < -0.4 is 5.73 Å². The van der Waals surface area contributed by atoms with Gasteiger partial charge >= 0.3 is 6.09 Å². The third kappa shape index (κ3) is 3.60. The maximum absolute atomic E-state index is 14.6. The highest BCUT2D eigenvalue weighted by atomic mass is 35.5. The maximum Gasteiger partial charge on any atom is 0.410 e. The number of nitrogens with two attached hydrogens (primary N) is 1. The van der Waals surface area contributed by atoms with Gasteiger partial charge in [-0.2, -0.15) is 0 Å². The molecule has 0 saturated carbocycles. The van der Waals surface area contributed by atoms with Gasteiger partial charge in [-0.25, -0.2) is 19.2 Å². The van der Waals surface area contributed by atoms with Crippen LogP contribution in [0, 0.1) is 5.82 Å². The highest BCUT2D eigenvalue weighted by Crippen LogP contribution is 2.38. The average molecular weight is 418 g/mol. The lowest BCUT2D eigenvalue weighted by molar-refractivity contribution is 0.00152. The van der Waals surface area contributed by atoms with Crippen molar-refractivity contribution in [2.45, 2.75) is 32.4 Å². The van der Waals surface area contributed by atoms with Crippen molar-refractivity contribution in [3.05, 3.63) is 41.7 Å². The van der Waals surface area contributed by atoms with E-state index in [4.69, 9.17) is 22.1 Å². The molecule has 7 nitrogen and oxygen atoms in total. The molecular formula is C20H21ClFN5O2. The number of hydrogen-bond donors (Lipinski definition) is 1. The number of nitrogens with zero attached hydrogens (tertiary/aromatic N) is 4. The van der Waals surface area contributed by atoms with Crippen LogP contribution in [0.2, 0.25) is 5.15 Å². The van der Waals surface area contributed by atoms with E-state index in [-0.39, 0.29) is 17.3 Å². The SMILES string of the molecule is CC(C)(C)OC(=O)N1CC(n2cc(-c3ccc(N)cc3F)c3c(Cl)ncnc32)C1. The Morgan fingerprint density at radius 1 is 1.28 bits per heavy atom. The Kier molecular flexibility index (Phi) is 4.61. The molecule has 1 amide bonds. The molecule has 2 aromatic heterocycles. The van der Waals surface area contributed by atoms with Crippen molar-refractivity contribution < 1.29 is 13.9 Å². The Labute approximate surface area is 172 Å². The van der Waals surface area contributed by atoms with Crippen molar-refractivity contribution in [1.82, 2.24) is 19.4 Å². The molecule has 0 bridgehead atoms. The summed E-state index contributed by atoms with van der Waals surface area (Å²) in [5.41, 5.74) is 6.99. The van der Waals surface area contributed by atoms with Gasteiger partial charge in [0, 0.05) is 36.1 Å². The zero-order valence-corrected chi connectivity index (χ0v) is 17.1. The van der Waals surface area contributed by atoms with Crippen LogP contribution >= 0.6 is 11.6 Å².